The molecular weight excluding hydrogens is 384 g/mol. The topological polar surface area (TPSA) is 54.1 Å². The molecule has 0 spiro atoms. The first kappa shape index (κ1) is 19.1. The maximum atomic E-state index is 12.4. The van der Waals surface area contributed by atoms with Crippen molar-refractivity contribution in [2.45, 2.75) is 5.92 Å². The molecule has 0 saturated carbocycles. The summed E-state index contributed by atoms with van der Waals surface area (Å²) < 4.78 is 5.54. The molecule has 2 N–H and O–H groups in total. The van der Waals surface area contributed by atoms with Gasteiger partial charge in [0.2, 0.25) is 0 Å². The fraction of sp³-hybridized carbons (Fsp3) is 0.125. The SMILES string of the molecule is O=C(COc1cccc(Cl)c1)NC[C@H](c1ccccc1)c1c[nH]c2ccccc12. The van der Waals surface area contributed by atoms with Crippen LogP contribution >= 0.6 is 11.6 Å². The number of carbonyl (C=O) groups excluding carboxylic acids is 1. The van der Waals surface area contributed by atoms with Gasteiger partial charge in [0.15, 0.2) is 6.61 Å². The lowest BCUT2D eigenvalue weighted by Gasteiger charge is -2.18. The lowest BCUT2D eigenvalue weighted by Crippen LogP contribution is -2.32. The number of halogens is 1. The lowest BCUT2D eigenvalue weighted by molar-refractivity contribution is -0.123. The molecule has 0 unspecified atom stereocenters. The van der Waals surface area contributed by atoms with Crippen molar-refractivity contribution in [1.29, 1.82) is 0 Å². The zero-order chi connectivity index (χ0) is 20.1. The Morgan fingerprint density at radius 3 is 2.62 bits per heavy atom. The summed E-state index contributed by atoms with van der Waals surface area (Å²) in [6.07, 6.45) is 2.02. The number of hydrogen-bond acceptors (Lipinski definition) is 2. The lowest BCUT2D eigenvalue weighted by atomic mass is 9.91. The van der Waals surface area contributed by atoms with Gasteiger partial charge in [0.05, 0.1) is 0 Å². The molecule has 3 aromatic carbocycles. The molecule has 4 nitrogen and oxygen atoms in total. The Bertz CT molecular complexity index is 1110. The highest BCUT2D eigenvalue weighted by atomic mass is 35.5. The summed E-state index contributed by atoms with van der Waals surface area (Å²) in [6, 6.07) is 25.4. The van der Waals surface area contributed by atoms with Gasteiger partial charge in [0.1, 0.15) is 5.75 Å². The van der Waals surface area contributed by atoms with E-state index in [4.69, 9.17) is 16.3 Å². The highest BCUT2D eigenvalue weighted by molar-refractivity contribution is 6.30. The van der Waals surface area contributed by atoms with Crippen LogP contribution in [0.3, 0.4) is 0 Å². The summed E-state index contributed by atoms with van der Waals surface area (Å²) in [7, 11) is 0. The van der Waals surface area contributed by atoms with Crippen LogP contribution in [0.2, 0.25) is 5.02 Å². The minimum Gasteiger partial charge on any atom is -0.484 e. The molecule has 4 aromatic rings. The first-order chi connectivity index (χ1) is 14.2. The van der Waals surface area contributed by atoms with E-state index < -0.39 is 0 Å². The second-order valence-corrected chi connectivity index (χ2v) is 7.24. The molecule has 0 fully saturated rings. The summed E-state index contributed by atoms with van der Waals surface area (Å²) in [5.41, 5.74) is 3.38. The van der Waals surface area contributed by atoms with Gasteiger partial charge in [-0.3, -0.25) is 4.79 Å². The minimum atomic E-state index is -0.175. The molecule has 0 aliphatic rings. The van der Waals surface area contributed by atoms with Crippen molar-refractivity contribution < 1.29 is 9.53 Å². The smallest absolute Gasteiger partial charge is 0.257 e. The normalized spacial score (nSPS) is 11.9. The van der Waals surface area contributed by atoms with Crippen molar-refractivity contribution in [3.05, 3.63) is 101 Å². The van der Waals surface area contributed by atoms with Crippen molar-refractivity contribution >= 4 is 28.4 Å². The first-order valence-electron chi connectivity index (χ1n) is 9.47. The number of amides is 1. The summed E-state index contributed by atoms with van der Waals surface area (Å²) in [6.45, 7) is 0.416. The number of fused-ring (bicyclic) bond motifs is 1. The Morgan fingerprint density at radius 1 is 1.00 bits per heavy atom. The van der Waals surface area contributed by atoms with E-state index in [0.29, 0.717) is 17.3 Å². The van der Waals surface area contributed by atoms with Gasteiger partial charge in [-0.05, 0) is 35.4 Å². The fourth-order valence-electron chi connectivity index (χ4n) is 3.45. The van der Waals surface area contributed by atoms with Crippen LogP contribution in [0.25, 0.3) is 10.9 Å². The van der Waals surface area contributed by atoms with Gasteiger partial charge in [-0.15, -0.1) is 0 Å². The average Bonchev–Trinajstić information content (AvgIpc) is 3.17. The fourth-order valence-corrected chi connectivity index (χ4v) is 3.63. The Labute approximate surface area is 174 Å². The Kier molecular flexibility index (Phi) is 5.82. The molecule has 1 amide bonds. The van der Waals surface area contributed by atoms with Gasteiger partial charge in [0.25, 0.3) is 5.91 Å². The number of H-pyrrole nitrogens is 1. The number of benzene rings is 3. The summed E-state index contributed by atoms with van der Waals surface area (Å²) in [4.78, 5) is 15.7. The van der Waals surface area contributed by atoms with Gasteiger partial charge >= 0.3 is 0 Å². The Balaban J connectivity index is 1.48. The third-order valence-corrected chi connectivity index (χ3v) is 5.10. The number of carbonyl (C=O) groups is 1. The van der Waals surface area contributed by atoms with E-state index in [0.717, 1.165) is 22.0 Å². The highest BCUT2D eigenvalue weighted by Crippen LogP contribution is 2.30. The average molecular weight is 405 g/mol. The number of rotatable bonds is 7. The van der Waals surface area contributed by atoms with E-state index in [2.05, 4.69) is 34.6 Å². The van der Waals surface area contributed by atoms with Crippen LogP contribution in [0.1, 0.15) is 17.0 Å². The van der Waals surface area contributed by atoms with Crippen LogP contribution in [0.15, 0.2) is 85.1 Å². The van der Waals surface area contributed by atoms with E-state index >= 15 is 0 Å². The van der Waals surface area contributed by atoms with Gasteiger partial charge in [-0.25, -0.2) is 0 Å². The molecule has 0 aliphatic heterocycles. The van der Waals surface area contributed by atoms with Crippen molar-refractivity contribution in [3.8, 4) is 5.75 Å². The zero-order valence-electron chi connectivity index (χ0n) is 15.8. The molecule has 1 heterocycles. The number of nitrogens with one attached hydrogen (secondary N) is 2. The van der Waals surface area contributed by atoms with E-state index in [-0.39, 0.29) is 18.4 Å². The van der Waals surface area contributed by atoms with Gasteiger partial charge in [-0.1, -0.05) is 66.2 Å². The Morgan fingerprint density at radius 2 is 1.79 bits per heavy atom. The van der Waals surface area contributed by atoms with E-state index in [1.165, 1.54) is 0 Å². The Hall–Kier alpha value is -3.24. The number of hydrogen-bond donors (Lipinski definition) is 2. The van der Waals surface area contributed by atoms with Crippen molar-refractivity contribution in [2.24, 2.45) is 0 Å². The van der Waals surface area contributed by atoms with E-state index in [1.807, 2.05) is 36.5 Å². The molecular formula is C24H21ClN2O2. The summed E-state index contributed by atoms with van der Waals surface area (Å²) in [5, 5.41) is 4.74. The maximum Gasteiger partial charge on any atom is 0.257 e. The van der Waals surface area contributed by atoms with Crippen LogP contribution in [0.5, 0.6) is 5.75 Å². The number of aromatic nitrogens is 1. The van der Waals surface area contributed by atoms with Crippen molar-refractivity contribution in [2.75, 3.05) is 13.2 Å². The van der Waals surface area contributed by atoms with Gasteiger partial charge in [0, 0.05) is 34.6 Å². The molecule has 0 radical (unpaired) electrons. The second-order valence-electron chi connectivity index (χ2n) is 6.80. The highest BCUT2D eigenvalue weighted by Gasteiger charge is 2.19. The van der Waals surface area contributed by atoms with Crippen LogP contribution < -0.4 is 10.1 Å². The van der Waals surface area contributed by atoms with Crippen LogP contribution in [0.4, 0.5) is 0 Å². The molecule has 0 saturated heterocycles. The van der Waals surface area contributed by atoms with Crippen LogP contribution in [0, 0.1) is 0 Å². The van der Waals surface area contributed by atoms with Gasteiger partial charge in [-0.2, -0.15) is 0 Å². The predicted octanol–water partition coefficient (Wildman–Crippen LogP) is 5.15. The maximum absolute atomic E-state index is 12.4. The quantitative estimate of drug-likeness (QED) is 0.447. The summed E-state index contributed by atoms with van der Waals surface area (Å²) >= 11 is 5.95. The zero-order valence-corrected chi connectivity index (χ0v) is 16.5. The third kappa shape index (κ3) is 4.61. The molecule has 1 aromatic heterocycles. The van der Waals surface area contributed by atoms with Crippen molar-refractivity contribution in [1.82, 2.24) is 10.3 Å². The number of para-hydroxylation sites is 1. The van der Waals surface area contributed by atoms with Gasteiger partial charge < -0.3 is 15.0 Å². The molecule has 0 aliphatic carbocycles. The van der Waals surface area contributed by atoms with Crippen molar-refractivity contribution in [3.63, 3.8) is 0 Å². The molecule has 5 heteroatoms. The molecule has 4 rings (SSSR count). The molecule has 29 heavy (non-hydrogen) atoms. The predicted molar refractivity (Wildman–Crippen MR) is 117 cm³/mol. The monoisotopic (exact) mass is 404 g/mol. The van der Waals surface area contributed by atoms with Crippen LogP contribution in [-0.2, 0) is 4.79 Å². The standard InChI is InChI=1S/C24H21ClN2O2/c25-18-9-6-10-19(13-18)29-16-24(28)27-14-21(17-7-2-1-3-8-17)22-15-26-23-12-5-4-11-20(22)23/h1-13,15,21,26H,14,16H2,(H,27,28)/t21-/m1/s1. The van der Waals surface area contributed by atoms with E-state index in [1.54, 1.807) is 24.3 Å². The van der Waals surface area contributed by atoms with Crippen LogP contribution in [-0.4, -0.2) is 24.0 Å². The van der Waals surface area contributed by atoms with E-state index in [9.17, 15) is 4.79 Å². The molecule has 1 atom stereocenters. The second kappa shape index (κ2) is 8.84. The first-order valence-corrected chi connectivity index (χ1v) is 9.84. The minimum absolute atomic E-state index is 0.0301. The molecule has 146 valence electrons. The third-order valence-electron chi connectivity index (χ3n) is 4.87. The molecule has 0 bridgehead atoms. The number of aromatic amines is 1. The summed E-state index contributed by atoms with van der Waals surface area (Å²) in [5.74, 6) is 0.428. The number of ether oxygens (including phenoxy) is 1. The largest absolute Gasteiger partial charge is 0.484 e.